The van der Waals surface area contributed by atoms with Crippen molar-refractivity contribution in [2.75, 3.05) is 19.6 Å². The molecular weight excluding hydrogens is 184 g/mol. The third-order valence-corrected chi connectivity index (χ3v) is 3.61. The van der Waals surface area contributed by atoms with Gasteiger partial charge in [0.05, 0.1) is 0 Å². The second-order valence-electron chi connectivity index (χ2n) is 5.04. The number of nitrogens with two attached hydrogens (primary N) is 1. The molecule has 15 heavy (non-hydrogen) atoms. The number of unbranched alkanes of at least 4 members (excludes halogenated alkanes) is 1. The number of hydrogen-bond donors (Lipinski definition) is 1. The van der Waals surface area contributed by atoms with Gasteiger partial charge in [-0.3, -0.25) is 0 Å². The molecule has 0 aromatic heterocycles. The molecule has 2 nitrogen and oxygen atoms in total. The van der Waals surface area contributed by atoms with Crippen LogP contribution in [0.3, 0.4) is 0 Å². The Morgan fingerprint density at radius 3 is 2.67 bits per heavy atom. The lowest BCUT2D eigenvalue weighted by Crippen LogP contribution is -2.36. The summed E-state index contributed by atoms with van der Waals surface area (Å²) in [5.41, 5.74) is 6.02. The maximum absolute atomic E-state index is 6.02. The van der Waals surface area contributed by atoms with E-state index in [1.54, 1.807) is 0 Å². The van der Waals surface area contributed by atoms with Gasteiger partial charge in [-0.15, -0.1) is 0 Å². The fourth-order valence-electron chi connectivity index (χ4n) is 2.62. The molecule has 2 N–H and O–H groups in total. The molecule has 90 valence electrons. The standard InChI is InChI=1S/C13H28N2/c1-3-5-9-15(4-2)11-12-7-6-8-13(14)10-12/h12-13H,3-11,14H2,1-2H3. The fourth-order valence-corrected chi connectivity index (χ4v) is 2.62. The summed E-state index contributed by atoms with van der Waals surface area (Å²) in [4.78, 5) is 2.60. The van der Waals surface area contributed by atoms with Crippen molar-refractivity contribution < 1.29 is 0 Å². The molecule has 0 saturated heterocycles. The molecular formula is C13H28N2. The minimum absolute atomic E-state index is 0.480. The van der Waals surface area contributed by atoms with Crippen molar-refractivity contribution in [3.63, 3.8) is 0 Å². The molecule has 0 bridgehead atoms. The normalized spacial score (nSPS) is 27.2. The zero-order valence-electron chi connectivity index (χ0n) is 10.5. The first-order valence-electron chi connectivity index (χ1n) is 6.74. The van der Waals surface area contributed by atoms with Crippen molar-refractivity contribution in [1.82, 2.24) is 4.90 Å². The highest BCUT2D eigenvalue weighted by Gasteiger charge is 2.20. The van der Waals surface area contributed by atoms with Gasteiger partial charge >= 0.3 is 0 Å². The van der Waals surface area contributed by atoms with Gasteiger partial charge in [0.1, 0.15) is 0 Å². The van der Waals surface area contributed by atoms with Crippen LogP contribution in [0.1, 0.15) is 52.4 Å². The van der Waals surface area contributed by atoms with Crippen LogP contribution in [0.5, 0.6) is 0 Å². The Morgan fingerprint density at radius 2 is 2.07 bits per heavy atom. The molecule has 2 unspecified atom stereocenters. The molecule has 1 aliphatic carbocycles. The summed E-state index contributed by atoms with van der Waals surface area (Å²) < 4.78 is 0. The van der Waals surface area contributed by atoms with Gasteiger partial charge < -0.3 is 10.6 Å². The fraction of sp³-hybridized carbons (Fsp3) is 1.00. The molecule has 0 heterocycles. The average molecular weight is 212 g/mol. The zero-order valence-corrected chi connectivity index (χ0v) is 10.5. The lowest BCUT2D eigenvalue weighted by molar-refractivity contribution is 0.197. The van der Waals surface area contributed by atoms with Crippen molar-refractivity contribution in [2.45, 2.75) is 58.4 Å². The molecule has 0 aromatic rings. The topological polar surface area (TPSA) is 29.3 Å². The molecule has 0 aliphatic heterocycles. The molecule has 0 radical (unpaired) electrons. The molecule has 2 heteroatoms. The van der Waals surface area contributed by atoms with Crippen molar-refractivity contribution in [3.8, 4) is 0 Å². The van der Waals surface area contributed by atoms with Crippen molar-refractivity contribution in [3.05, 3.63) is 0 Å². The zero-order chi connectivity index (χ0) is 11.1. The molecule has 0 spiro atoms. The Kier molecular flexibility index (Phi) is 6.26. The van der Waals surface area contributed by atoms with Crippen molar-refractivity contribution >= 4 is 0 Å². The lowest BCUT2D eigenvalue weighted by Gasteiger charge is -2.31. The maximum Gasteiger partial charge on any atom is 0.00419 e. The van der Waals surface area contributed by atoms with Crippen molar-refractivity contribution in [2.24, 2.45) is 11.7 Å². The van der Waals surface area contributed by atoms with Gasteiger partial charge in [-0.1, -0.05) is 26.7 Å². The Morgan fingerprint density at radius 1 is 1.27 bits per heavy atom. The SMILES string of the molecule is CCCCN(CC)CC1CCCC(N)C1. The average Bonchev–Trinajstić information content (AvgIpc) is 2.24. The molecule has 1 aliphatic rings. The van der Waals surface area contributed by atoms with Crippen LogP contribution >= 0.6 is 0 Å². The van der Waals surface area contributed by atoms with E-state index in [1.807, 2.05) is 0 Å². The predicted octanol–water partition coefficient (Wildman–Crippen LogP) is 2.63. The van der Waals surface area contributed by atoms with E-state index in [9.17, 15) is 0 Å². The van der Waals surface area contributed by atoms with E-state index in [0.717, 1.165) is 5.92 Å². The Hall–Kier alpha value is -0.0800. The van der Waals surface area contributed by atoms with Gasteiger partial charge in [0.15, 0.2) is 0 Å². The maximum atomic E-state index is 6.02. The third kappa shape index (κ3) is 4.98. The lowest BCUT2D eigenvalue weighted by atomic mass is 9.86. The van der Waals surface area contributed by atoms with Crippen LogP contribution in [0.4, 0.5) is 0 Å². The van der Waals surface area contributed by atoms with Crippen LogP contribution in [0.25, 0.3) is 0 Å². The first-order valence-corrected chi connectivity index (χ1v) is 6.74. The molecule has 0 aromatic carbocycles. The largest absolute Gasteiger partial charge is 0.328 e. The highest BCUT2D eigenvalue weighted by atomic mass is 15.1. The van der Waals surface area contributed by atoms with Crippen LogP contribution in [-0.4, -0.2) is 30.6 Å². The summed E-state index contributed by atoms with van der Waals surface area (Å²) >= 11 is 0. The van der Waals surface area contributed by atoms with E-state index in [2.05, 4.69) is 18.7 Å². The van der Waals surface area contributed by atoms with Gasteiger partial charge in [0.2, 0.25) is 0 Å². The van der Waals surface area contributed by atoms with E-state index in [1.165, 1.54) is 58.2 Å². The van der Waals surface area contributed by atoms with Crippen LogP contribution in [-0.2, 0) is 0 Å². The number of hydrogen-bond acceptors (Lipinski definition) is 2. The summed E-state index contributed by atoms with van der Waals surface area (Å²) in [7, 11) is 0. The molecule has 2 atom stereocenters. The van der Waals surface area contributed by atoms with Gasteiger partial charge in [-0.05, 0) is 44.7 Å². The van der Waals surface area contributed by atoms with Gasteiger partial charge in [0, 0.05) is 12.6 Å². The minimum atomic E-state index is 0.480. The monoisotopic (exact) mass is 212 g/mol. The summed E-state index contributed by atoms with van der Waals surface area (Å²) in [6.07, 6.45) is 7.89. The van der Waals surface area contributed by atoms with Crippen molar-refractivity contribution in [1.29, 1.82) is 0 Å². The Balaban J connectivity index is 2.24. The molecule has 1 fully saturated rings. The van der Waals surface area contributed by atoms with Crippen LogP contribution in [0, 0.1) is 5.92 Å². The number of rotatable bonds is 6. The van der Waals surface area contributed by atoms with Gasteiger partial charge in [-0.2, -0.15) is 0 Å². The second kappa shape index (κ2) is 7.24. The first-order chi connectivity index (χ1) is 7.26. The van der Waals surface area contributed by atoms with Crippen LogP contribution in [0.2, 0.25) is 0 Å². The van der Waals surface area contributed by atoms with E-state index < -0.39 is 0 Å². The highest BCUT2D eigenvalue weighted by Crippen LogP contribution is 2.23. The Labute approximate surface area is 95.2 Å². The van der Waals surface area contributed by atoms with Crippen LogP contribution < -0.4 is 5.73 Å². The van der Waals surface area contributed by atoms with E-state index in [0.29, 0.717) is 6.04 Å². The van der Waals surface area contributed by atoms with E-state index in [-0.39, 0.29) is 0 Å². The van der Waals surface area contributed by atoms with Crippen LogP contribution in [0.15, 0.2) is 0 Å². The van der Waals surface area contributed by atoms with Gasteiger partial charge in [-0.25, -0.2) is 0 Å². The summed E-state index contributed by atoms with van der Waals surface area (Å²) in [5.74, 6) is 0.866. The minimum Gasteiger partial charge on any atom is -0.328 e. The predicted molar refractivity (Wildman–Crippen MR) is 67.0 cm³/mol. The van der Waals surface area contributed by atoms with E-state index in [4.69, 9.17) is 5.73 Å². The summed E-state index contributed by atoms with van der Waals surface area (Å²) in [6.45, 7) is 8.30. The van der Waals surface area contributed by atoms with Gasteiger partial charge in [0.25, 0.3) is 0 Å². The number of nitrogens with zero attached hydrogens (tertiary/aromatic N) is 1. The first kappa shape index (κ1) is 13.0. The third-order valence-electron chi connectivity index (χ3n) is 3.61. The second-order valence-corrected chi connectivity index (χ2v) is 5.04. The summed E-state index contributed by atoms with van der Waals surface area (Å²) in [5, 5.41) is 0. The van der Waals surface area contributed by atoms with E-state index >= 15 is 0 Å². The quantitative estimate of drug-likeness (QED) is 0.733. The highest BCUT2D eigenvalue weighted by molar-refractivity contribution is 4.77. The molecule has 0 amide bonds. The Bertz CT molecular complexity index is 159. The molecule has 1 saturated carbocycles. The molecule has 1 rings (SSSR count). The smallest absolute Gasteiger partial charge is 0.00419 e. The summed E-state index contributed by atoms with van der Waals surface area (Å²) in [6, 6.07) is 0.480.